The zero-order valence-corrected chi connectivity index (χ0v) is 11.6. The Balaban J connectivity index is 2.37. The number of nitrogen functional groups attached to an aromatic ring is 1. The Bertz CT molecular complexity index is 418. The molecule has 1 amide bonds. The van der Waals surface area contributed by atoms with Crippen molar-refractivity contribution in [3.05, 3.63) is 29.8 Å². The zero-order chi connectivity index (χ0) is 13.5. The van der Waals surface area contributed by atoms with Crippen molar-refractivity contribution < 1.29 is 9.00 Å². The van der Waals surface area contributed by atoms with E-state index in [9.17, 15) is 9.00 Å². The van der Waals surface area contributed by atoms with Gasteiger partial charge < -0.3 is 11.1 Å². The third kappa shape index (κ3) is 5.82. The maximum Gasteiger partial charge on any atom is 0.224 e. The van der Waals surface area contributed by atoms with E-state index in [0.717, 1.165) is 12.0 Å². The number of carbonyl (C=O) groups is 1. The SMILES string of the molecule is CC(CCS(C)=O)NC(=O)Cc1ccc(N)cc1. The quantitative estimate of drug-likeness (QED) is 0.758. The topological polar surface area (TPSA) is 72.2 Å². The first-order valence-electron chi connectivity index (χ1n) is 5.91. The highest BCUT2D eigenvalue weighted by atomic mass is 32.2. The minimum absolute atomic E-state index is 0.0193. The van der Waals surface area contributed by atoms with E-state index in [1.807, 2.05) is 19.1 Å². The molecule has 0 aliphatic heterocycles. The van der Waals surface area contributed by atoms with Crippen molar-refractivity contribution in [2.45, 2.75) is 25.8 Å². The first-order chi connectivity index (χ1) is 8.47. The molecule has 0 spiro atoms. The predicted molar refractivity (Wildman–Crippen MR) is 75.7 cm³/mol. The summed E-state index contributed by atoms with van der Waals surface area (Å²) in [4.78, 5) is 11.7. The minimum atomic E-state index is -0.807. The van der Waals surface area contributed by atoms with Crippen LogP contribution in [-0.4, -0.2) is 28.2 Å². The molecule has 0 fully saturated rings. The van der Waals surface area contributed by atoms with Gasteiger partial charge in [-0.1, -0.05) is 12.1 Å². The van der Waals surface area contributed by atoms with E-state index in [0.29, 0.717) is 17.9 Å². The molecule has 0 heterocycles. The second-order valence-electron chi connectivity index (χ2n) is 4.45. The molecular weight excluding hydrogens is 248 g/mol. The van der Waals surface area contributed by atoms with Gasteiger partial charge in [-0.2, -0.15) is 0 Å². The van der Waals surface area contributed by atoms with Crippen molar-refractivity contribution in [3.63, 3.8) is 0 Å². The van der Waals surface area contributed by atoms with Crippen LogP contribution in [0.3, 0.4) is 0 Å². The fraction of sp³-hybridized carbons (Fsp3) is 0.462. The Hall–Kier alpha value is -1.36. The highest BCUT2D eigenvalue weighted by Crippen LogP contribution is 2.06. The Morgan fingerprint density at radius 1 is 1.39 bits per heavy atom. The van der Waals surface area contributed by atoms with Crippen molar-refractivity contribution in [1.82, 2.24) is 5.32 Å². The van der Waals surface area contributed by atoms with Gasteiger partial charge in [0.25, 0.3) is 0 Å². The lowest BCUT2D eigenvalue weighted by atomic mass is 10.1. The number of anilines is 1. The van der Waals surface area contributed by atoms with Gasteiger partial charge in [0.15, 0.2) is 0 Å². The van der Waals surface area contributed by atoms with Crippen molar-refractivity contribution in [1.29, 1.82) is 0 Å². The molecule has 0 aliphatic rings. The smallest absolute Gasteiger partial charge is 0.224 e. The van der Waals surface area contributed by atoms with Gasteiger partial charge in [0.05, 0.1) is 6.42 Å². The number of nitrogens with two attached hydrogens (primary N) is 1. The van der Waals surface area contributed by atoms with Crippen LogP contribution in [0.5, 0.6) is 0 Å². The summed E-state index contributed by atoms with van der Waals surface area (Å²) in [6.45, 7) is 1.92. The Morgan fingerprint density at radius 2 is 2.00 bits per heavy atom. The van der Waals surface area contributed by atoms with Crippen LogP contribution in [0.1, 0.15) is 18.9 Å². The van der Waals surface area contributed by atoms with E-state index in [4.69, 9.17) is 5.73 Å². The molecule has 2 atom stereocenters. The van der Waals surface area contributed by atoms with E-state index in [2.05, 4.69) is 5.32 Å². The lowest BCUT2D eigenvalue weighted by Gasteiger charge is -2.13. The Morgan fingerprint density at radius 3 is 2.56 bits per heavy atom. The van der Waals surface area contributed by atoms with Gasteiger partial charge in [-0.05, 0) is 31.0 Å². The van der Waals surface area contributed by atoms with Gasteiger partial charge in [-0.15, -0.1) is 0 Å². The van der Waals surface area contributed by atoms with E-state index >= 15 is 0 Å². The summed E-state index contributed by atoms with van der Waals surface area (Å²) in [6, 6.07) is 7.31. The molecule has 3 N–H and O–H groups in total. The van der Waals surface area contributed by atoms with Gasteiger partial charge in [0.1, 0.15) is 0 Å². The molecule has 0 saturated heterocycles. The van der Waals surface area contributed by atoms with E-state index in [1.165, 1.54) is 0 Å². The van der Waals surface area contributed by atoms with Crippen LogP contribution in [0.2, 0.25) is 0 Å². The highest BCUT2D eigenvalue weighted by molar-refractivity contribution is 7.84. The number of benzene rings is 1. The number of carbonyl (C=O) groups excluding carboxylic acids is 1. The zero-order valence-electron chi connectivity index (χ0n) is 10.8. The van der Waals surface area contributed by atoms with Gasteiger partial charge >= 0.3 is 0 Å². The third-order valence-corrected chi connectivity index (χ3v) is 3.40. The van der Waals surface area contributed by atoms with E-state index in [1.54, 1.807) is 18.4 Å². The normalized spacial score (nSPS) is 13.9. The van der Waals surface area contributed by atoms with Crippen molar-refractivity contribution in [3.8, 4) is 0 Å². The number of rotatable bonds is 6. The van der Waals surface area contributed by atoms with Crippen LogP contribution in [0.4, 0.5) is 5.69 Å². The largest absolute Gasteiger partial charge is 0.399 e. The molecule has 1 aromatic carbocycles. The third-order valence-electron chi connectivity index (χ3n) is 2.59. The number of hydrogen-bond acceptors (Lipinski definition) is 3. The molecule has 5 heteroatoms. The van der Waals surface area contributed by atoms with Crippen LogP contribution in [0.15, 0.2) is 24.3 Å². The predicted octanol–water partition coefficient (Wildman–Crippen LogP) is 1.08. The van der Waals surface area contributed by atoms with Gasteiger partial charge in [0, 0.05) is 34.5 Å². The van der Waals surface area contributed by atoms with Crippen LogP contribution in [0.25, 0.3) is 0 Å². The molecule has 0 radical (unpaired) electrons. The Labute approximate surface area is 110 Å². The monoisotopic (exact) mass is 268 g/mol. The second kappa shape index (κ2) is 7.16. The van der Waals surface area contributed by atoms with Gasteiger partial charge in [0.2, 0.25) is 5.91 Å². The van der Waals surface area contributed by atoms with E-state index < -0.39 is 10.8 Å². The summed E-state index contributed by atoms with van der Waals surface area (Å²) >= 11 is 0. The average molecular weight is 268 g/mol. The average Bonchev–Trinajstić information content (AvgIpc) is 2.29. The molecular formula is C13H20N2O2S. The van der Waals surface area contributed by atoms with Crippen LogP contribution in [0, 0.1) is 0 Å². The van der Waals surface area contributed by atoms with Gasteiger partial charge in [-0.25, -0.2) is 0 Å². The summed E-state index contributed by atoms with van der Waals surface area (Å²) in [6.07, 6.45) is 2.75. The van der Waals surface area contributed by atoms with Crippen molar-refractivity contribution >= 4 is 22.4 Å². The molecule has 0 aromatic heterocycles. The fourth-order valence-electron chi connectivity index (χ4n) is 1.56. The molecule has 100 valence electrons. The Kier molecular flexibility index (Phi) is 5.85. The maximum absolute atomic E-state index is 11.7. The number of nitrogens with one attached hydrogen (secondary N) is 1. The minimum Gasteiger partial charge on any atom is -0.399 e. The molecule has 1 aromatic rings. The lowest BCUT2D eigenvalue weighted by Crippen LogP contribution is -2.34. The van der Waals surface area contributed by atoms with E-state index in [-0.39, 0.29) is 11.9 Å². The first kappa shape index (κ1) is 14.7. The molecule has 1 rings (SSSR count). The lowest BCUT2D eigenvalue weighted by molar-refractivity contribution is -0.121. The summed E-state index contributed by atoms with van der Waals surface area (Å²) in [5, 5.41) is 2.89. The maximum atomic E-state index is 11.7. The fourth-order valence-corrected chi connectivity index (χ4v) is 2.25. The van der Waals surface area contributed by atoms with Crippen LogP contribution >= 0.6 is 0 Å². The molecule has 4 nitrogen and oxygen atoms in total. The summed E-state index contributed by atoms with van der Waals surface area (Å²) in [7, 11) is -0.807. The number of hydrogen-bond donors (Lipinski definition) is 2. The van der Waals surface area contributed by atoms with Crippen LogP contribution in [-0.2, 0) is 22.0 Å². The van der Waals surface area contributed by atoms with Crippen LogP contribution < -0.4 is 11.1 Å². The molecule has 0 bridgehead atoms. The molecule has 0 aliphatic carbocycles. The molecule has 0 saturated carbocycles. The standard InChI is InChI=1S/C13H20N2O2S/c1-10(7-8-18(2)17)15-13(16)9-11-3-5-12(14)6-4-11/h3-6,10H,7-9,14H2,1-2H3,(H,15,16). The van der Waals surface area contributed by atoms with Gasteiger partial charge in [-0.3, -0.25) is 9.00 Å². The molecule has 2 unspecified atom stereocenters. The summed E-state index contributed by atoms with van der Waals surface area (Å²) < 4.78 is 10.9. The molecule has 18 heavy (non-hydrogen) atoms. The number of amides is 1. The highest BCUT2D eigenvalue weighted by Gasteiger charge is 2.08. The first-order valence-corrected chi connectivity index (χ1v) is 7.64. The van der Waals surface area contributed by atoms with Crippen molar-refractivity contribution in [2.75, 3.05) is 17.7 Å². The summed E-state index contributed by atoms with van der Waals surface area (Å²) in [5.41, 5.74) is 7.21. The second-order valence-corrected chi connectivity index (χ2v) is 6.01. The van der Waals surface area contributed by atoms with Crippen molar-refractivity contribution in [2.24, 2.45) is 0 Å². The summed E-state index contributed by atoms with van der Waals surface area (Å²) in [5.74, 6) is 0.595.